The topological polar surface area (TPSA) is 55.8 Å². The molecule has 4 heteroatoms. The van der Waals surface area contributed by atoms with Gasteiger partial charge >= 0.3 is 0 Å². The number of Topliss-reactive ketones (excluding diaryl/α,β-unsaturated/α-hetero) is 1. The van der Waals surface area contributed by atoms with E-state index in [2.05, 4.69) is 0 Å². The summed E-state index contributed by atoms with van der Waals surface area (Å²) >= 11 is 0. The summed E-state index contributed by atoms with van der Waals surface area (Å²) in [6.07, 6.45) is 3.31. The summed E-state index contributed by atoms with van der Waals surface area (Å²) in [5.41, 5.74) is 4.80. The molecule has 0 unspecified atom stereocenters. The number of carbonyl (C=O) groups is 1. The molecule has 0 amide bonds. The lowest BCUT2D eigenvalue weighted by Gasteiger charge is -2.21. The average Bonchev–Trinajstić information content (AvgIpc) is 3.43. The monoisotopic (exact) mass is 382 g/mol. The Morgan fingerprint density at radius 3 is 2.36 bits per heavy atom. The Kier molecular flexibility index (Phi) is 6.09. The first-order valence-corrected chi connectivity index (χ1v) is 10.2. The fourth-order valence-electron chi connectivity index (χ4n) is 3.76. The largest absolute Gasteiger partial charge is 0.493 e. The minimum Gasteiger partial charge on any atom is -0.493 e. The van der Waals surface area contributed by atoms with Gasteiger partial charge in [-0.3, -0.25) is 4.79 Å². The molecule has 28 heavy (non-hydrogen) atoms. The van der Waals surface area contributed by atoms with Crippen LogP contribution in [-0.2, 0) is 6.42 Å². The zero-order chi connectivity index (χ0) is 20.3. The first kappa shape index (κ1) is 20.4. The molecule has 2 aliphatic carbocycles. The van der Waals surface area contributed by atoms with Crippen LogP contribution in [0.15, 0.2) is 30.3 Å². The summed E-state index contributed by atoms with van der Waals surface area (Å²) in [5, 5.41) is 9.61. The van der Waals surface area contributed by atoms with E-state index in [1.165, 1.54) is 0 Å². The summed E-state index contributed by atoms with van der Waals surface area (Å²) < 4.78 is 11.9. The summed E-state index contributed by atoms with van der Waals surface area (Å²) in [6.45, 7) is 6.61. The number of ether oxygens (including phenoxy) is 2. The number of fused-ring (bicyclic) bond motifs is 1. The quantitative estimate of drug-likeness (QED) is 0.766. The molecule has 0 saturated heterocycles. The van der Waals surface area contributed by atoms with Crippen molar-refractivity contribution in [2.45, 2.75) is 46.5 Å². The number of benzene rings is 2. The van der Waals surface area contributed by atoms with Crippen LogP contribution in [0.4, 0.5) is 0 Å². The molecule has 0 aliphatic heterocycles. The molecule has 150 valence electrons. The van der Waals surface area contributed by atoms with Crippen LogP contribution in [0.3, 0.4) is 0 Å². The number of rotatable bonds is 6. The maximum Gasteiger partial charge on any atom is 0.169 e. The van der Waals surface area contributed by atoms with Crippen molar-refractivity contribution in [2.24, 2.45) is 5.41 Å². The molecule has 1 saturated carbocycles. The fraction of sp³-hybridized carbons (Fsp3) is 0.458. The van der Waals surface area contributed by atoms with Crippen LogP contribution in [0.5, 0.6) is 11.5 Å². The molecule has 2 aromatic carbocycles. The van der Waals surface area contributed by atoms with Crippen molar-refractivity contribution in [3.63, 3.8) is 0 Å². The van der Waals surface area contributed by atoms with Gasteiger partial charge in [0, 0.05) is 23.0 Å². The van der Waals surface area contributed by atoms with Crippen molar-refractivity contribution in [1.82, 2.24) is 0 Å². The predicted molar refractivity (Wildman–Crippen MR) is 111 cm³/mol. The number of ketones is 1. The molecule has 4 nitrogen and oxygen atoms in total. The van der Waals surface area contributed by atoms with Crippen LogP contribution in [0.25, 0.3) is 11.1 Å². The Bertz CT molecular complexity index is 865. The van der Waals surface area contributed by atoms with E-state index in [0.29, 0.717) is 18.8 Å². The number of hydrogen-bond acceptors (Lipinski definition) is 4. The highest BCUT2D eigenvalue weighted by atomic mass is 16.5. The van der Waals surface area contributed by atoms with Crippen molar-refractivity contribution < 1.29 is 19.4 Å². The van der Waals surface area contributed by atoms with Gasteiger partial charge in [0.25, 0.3) is 0 Å². The Hall–Kier alpha value is -2.33. The Labute approximate surface area is 167 Å². The third-order valence-electron chi connectivity index (χ3n) is 5.70. The van der Waals surface area contributed by atoms with Gasteiger partial charge in [-0.1, -0.05) is 44.2 Å². The van der Waals surface area contributed by atoms with E-state index >= 15 is 0 Å². The smallest absolute Gasteiger partial charge is 0.169 e. The second-order valence-electron chi connectivity index (χ2n) is 7.49. The summed E-state index contributed by atoms with van der Waals surface area (Å²) in [5.74, 6) is 1.64. The Morgan fingerprint density at radius 2 is 1.71 bits per heavy atom. The van der Waals surface area contributed by atoms with E-state index in [1.54, 1.807) is 7.11 Å². The van der Waals surface area contributed by atoms with E-state index in [0.717, 1.165) is 52.8 Å². The number of methoxy groups -OCH3 is 1. The van der Waals surface area contributed by atoms with Gasteiger partial charge in [0.2, 0.25) is 0 Å². The maximum atomic E-state index is 12.1. The molecule has 0 spiro atoms. The number of carbonyl (C=O) groups excluding carboxylic acids is 1. The second kappa shape index (κ2) is 8.36. The van der Waals surface area contributed by atoms with Gasteiger partial charge in [-0.25, -0.2) is 0 Å². The number of aliphatic hydroxyl groups is 1. The van der Waals surface area contributed by atoms with Gasteiger partial charge in [-0.05, 0) is 42.9 Å². The highest BCUT2D eigenvalue weighted by Crippen LogP contribution is 2.48. The molecule has 0 radical (unpaired) electrons. The highest BCUT2D eigenvalue weighted by molar-refractivity contribution is 6.02. The summed E-state index contributed by atoms with van der Waals surface area (Å²) in [7, 11) is 1.65. The fourth-order valence-corrected chi connectivity index (χ4v) is 3.76. The van der Waals surface area contributed by atoms with Crippen molar-refractivity contribution in [2.75, 3.05) is 20.3 Å². The van der Waals surface area contributed by atoms with Crippen LogP contribution in [0, 0.1) is 12.3 Å². The molecule has 0 aromatic heterocycles. The summed E-state index contributed by atoms with van der Waals surface area (Å²) in [6, 6.07) is 9.96. The van der Waals surface area contributed by atoms with E-state index in [1.807, 2.05) is 51.1 Å². The molecule has 1 N–H and O–H groups in total. The minimum atomic E-state index is -0.110. The molecule has 0 bridgehead atoms. The van der Waals surface area contributed by atoms with Gasteiger partial charge < -0.3 is 14.6 Å². The molecule has 0 atom stereocenters. The standard InChI is InChI=1S/C22H24O4.C2H6/c1-14-6-7-18(15-4-3-5-17-16(15)8-9-19(17)24)21(20(14)25-2)26-13-22(12-23)10-11-22;1-2/h3-7,23H,8-13H2,1-2H3;1-2H3. The maximum absolute atomic E-state index is 12.1. The first-order valence-electron chi connectivity index (χ1n) is 10.2. The predicted octanol–water partition coefficient (Wildman–Crippen LogP) is 4.98. The van der Waals surface area contributed by atoms with E-state index in [9.17, 15) is 9.90 Å². The third kappa shape index (κ3) is 3.66. The number of aliphatic hydroxyl groups excluding tert-OH is 1. The van der Waals surface area contributed by atoms with Crippen molar-refractivity contribution in [1.29, 1.82) is 0 Å². The van der Waals surface area contributed by atoms with Gasteiger partial charge in [0.15, 0.2) is 17.3 Å². The van der Waals surface area contributed by atoms with E-state index < -0.39 is 0 Å². The lowest BCUT2D eigenvalue weighted by molar-refractivity contribution is 0.0994. The van der Waals surface area contributed by atoms with Crippen LogP contribution in [0.1, 0.15) is 54.6 Å². The molecule has 2 aliphatic rings. The number of aryl methyl sites for hydroxylation is 1. The van der Waals surface area contributed by atoms with E-state index in [4.69, 9.17) is 9.47 Å². The third-order valence-corrected chi connectivity index (χ3v) is 5.70. The van der Waals surface area contributed by atoms with Crippen LogP contribution >= 0.6 is 0 Å². The number of hydrogen-bond donors (Lipinski definition) is 1. The Morgan fingerprint density at radius 1 is 1.00 bits per heavy atom. The molecule has 4 rings (SSSR count). The van der Waals surface area contributed by atoms with Crippen molar-refractivity contribution >= 4 is 5.78 Å². The highest BCUT2D eigenvalue weighted by Gasteiger charge is 2.43. The first-order chi connectivity index (χ1) is 13.6. The average molecular weight is 383 g/mol. The SMILES string of the molecule is CC.COc1c(C)ccc(-c2cccc3c2CCC3=O)c1OCC1(CO)CC1. The zero-order valence-electron chi connectivity index (χ0n) is 17.3. The summed E-state index contributed by atoms with van der Waals surface area (Å²) in [4.78, 5) is 12.1. The van der Waals surface area contributed by atoms with E-state index in [-0.39, 0.29) is 17.8 Å². The molecule has 1 fully saturated rings. The minimum absolute atomic E-state index is 0.110. The van der Waals surface area contributed by atoms with Crippen LogP contribution in [-0.4, -0.2) is 31.2 Å². The molecule has 2 aromatic rings. The van der Waals surface area contributed by atoms with Gasteiger partial charge in [0.1, 0.15) is 0 Å². The lowest BCUT2D eigenvalue weighted by atomic mass is 9.95. The van der Waals surface area contributed by atoms with Gasteiger partial charge in [-0.2, -0.15) is 0 Å². The van der Waals surface area contributed by atoms with Crippen LogP contribution < -0.4 is 9.47 Å². The lowest BCUT2D eigenvalue weighted by Crippen LogP contribution is -2.17. The Balaban J connectivity index is 0.00000109. The van der Waals surface area contributed by atoms with Gasteiger partial charge in [-0.15, -0.1) is 0 Å². The zero-order valence-corrected chi connectivity index (χ0v) is 17.3. The molecule has 0 heterocycles. The van der Waals surface area contributed by atoms with Crippen molar-refractivity contribution in [3.8, 4) is 22.6 Å². The molecular weight excluding hydrogens is 352 g/mol. The normalized spacial score (nSPS) is 16.1. The second-order valence-corrected chi connectivity index (χ2v) is 7.49. The van der Waals surface area contributed by atoms with Crippen molar-refractivity contribution in [3.05, 3.63) is 47.0 Å². The van der Waals surface area contributed by atoms with Gasteiger partial charge in [0.05, 0.1) is 20.3 Å². The molecular formula is C24H30O4. The van der Waals surface area contributed by atoms with Crippen LogP contribution in [0.2, 0.25) is 0 Å².